The summed E-state index contributed by atoms with van der Waals surface area (Å²) < 4.78 is 11.8. The minimum absolute atomic E-state index is 0.132. The van der Waals surface area contributed by atoms with Crippen LogP contribution in [-0.4, -0.2) is 41.6 Å². The molecule has 1 aromatic heterocycles. The smallest absolute Gasteiger partial charge is 0.228 e. The number of carbonyl (C=O) groups excluding carboxylic acids is 1. The fourth-order valence-electron chi connectivity index (χ4n) is 4.18. The maximum absolute atomic E-state index is 13.2. The van der Waals surface area contributed by atoms with Crippen LogP contribution in [0.5, 0.6) is 11.5 Å². The van der Waals surface area contributed by atoms with Crippen LogP contribution in [0.1, 0.15) is 52.4 Å². The molecule has 1 aromatic carbocycles. The van der Waals surface area contributed by atoms with E-state index in [-0.39, 0.29) is 18.1 Å². The number of halogens is 2. The van der Waals surface area contributed by atoms with E-state index < -0.39 is 5.41 Å². The molecule has 0 atom stereocenters. The Morgan fingerprint density at radius 3 is 2.41 bits per heavy atom. The minimum Gasteiger partial charge on any atom is -0.494 e. The van der Waals surface area contributed by atoms with Crippen molar-refractivity contribution in [3.63, 3.8) is 0 Å². The van der Waals surface area contributed by atoms with Crippen LogP contribution in [0.2, 0.25) is 10.0 Å². The maximum atomic E-state index is 13.2. The Bertz CT molecular complexity index is 881. The van der Waals surface area contributed by atoms with E-state index in [9.17, 15) is 4.79 Å². The summed E-state index contributed by atoms with van der Waals surface area (Å²) in [5.41, 5.74) is -0.433. The predicted octanol–water partition coefficient (Wildman–Crippen LogP) is 6.42. The first-order valence-corrected chi connectivity index (χ1v) is 11.9. The lowest BCUT2D eigenvalue weighted by Gasteiger charge is -2.38. The van der Waals surface area contributed by atoms with E-state index in [1.807, 2.05) is 50.1 Å². The third kappa shape index (κ3) is 7.01. The van der Waals surface area contributed by atoms with Crippen molar-refractivity contribution >= 4 is 29.1 Å². The fraction of sp³-hybridized carbons (Fsp3) is 0.520. The summed E-state index contributed by atoms with van der Waals surface area (Å²) in [4.78, 5) is 19.2. The van der Waals surface area contributed by atoms with Crippen molar-refractivity contribution in [2.75, 3.05) is 13.7 Å². The van der Waals surface area contributed by atoms with Gasteiger partial charge in [-0.1, -0.05) is 37.0 Å². The number of amides is 1. The molecule has 0 spiro atoms. The largest absolute Gasteiger partial charge is 0.494 e. The van der Waals surface area contributed by atoms with Gasteiger partial charge < -0.3 is 14.4 Å². The molecule has 0 saturated heterocycles. The molecule has 7 heteroatoms. The summed E-state index contributed by atoms with van der Waals surface area (Å²) >= 11 is 11.9. The van der Waals surface area contributed by atoms with Gasteiger partial charge in [0.1, 0.15) is 11.5 Å². The number of hydrogen-bond donors (Lipinski definition) is 0. The van der Waals surface area contributed by atoms with Gasteiger partial charge in [0.05, 0.1) is 23.9 Å². The highest BCUT2D eigenvalue weighted by atomic mass is 35.5. The molecule has 3 rings (SSSR count). The number of pyridine rings is 1. The molecule has 5 nitrogen and oxygen atoms in total. The predicted molar refractivity (Wildman–Crippen MR) is 129 cm³/mol. The number of nitrogens with zero attached hydrogens (tertiary/aromatic N) is 2. The average molecular weight is 479 g/mol. The van der Waals surface area contributed by atoms with Crippen LogP contribution < -0.4 is 9.47 Å². The van der Waals surface area contributed by atoms with Crippen LogP contribution in [0.3, 0.4) is 0 Å². The van der Waals surface area contributed by atoms with Gasteiger partial charge in [-0.2, -0.15) is 0 Å². The third-order valence-corrected chi connectivity index (χ3v) is 6.56. The quantitative estimate of drug-likeness (QED) is 0.390. The molecule has 0 radical (unpaired) electrons. The normalized spacial score (nSPS) is 18.8. The summed E-state index contributed by atoms with van der Waals surface area (Å²) in [5.74, 6) is 1.68. The Labute approximate surface area is 201 Å². The zero-order chi connectivity index (χ0) is 23.1. The van der Waals surface area contributed by atoms with E-state index >= 15 is 0 Å². The highest BCUT2D eigenvalue weighted by Gasteiger charge is 2.35. The average Bonchev–Trinajstić information content (AvgIpc) is 2.77. The zero-order valence-electron chi connectivity index (χ0n) is 19.0. The van der Waals surface area contributed by atoms with Gasteiger partial charge in [-0.3, -0.25) is 9.78 Å². The standard InChI is InChI=1S/C25H32Cl2N2O3/c1-25(2,13-4-14-31-21-9-5-18(26)6-10-21)24(30)29(3)20-7-11-22(12-8-20)32-23-15-19(27)16-28-17-23/h5-6,9-10,15-17,20,22H,4,7-8,11-14H2,1-3H3. The number of hydrogen-bond acceptors (Lipinski definition) is 4. The molecule has 0 unspecified atom stereocenters. The van der Waals surface area contributed by atoms with Crippen LogP contribution in [-0.2, 0) is 4.79 Å². The summed E-state index contributed by atoms with van der Waals surface area (Å²) in [7, 11) is 1.93. The second-order valence-electron chi connectivity index (χ2n) is 9.09. The van der Waals surface area contributed by atoms with Gasteiger partial charge in [-0.25, -0.2) is 0 Å². The molecule has 32 heavy (non-hydrogen) atoms. The van der Waals surface area contributed by atoms with Gasteiger partial charge in [-0.05, 0) is 62.8 Å². The van der Waals surface area contributed by atoms with E-state index in [2.05, 4.69) is 4.98 Å². The molecule has 0 N–H and O–H groups in total. The van der Waals surface area contributed by atoms with Crippen molar-refractivity contribution in [3.05, 3.63) is 52.8 Å². The topological polar surface area (TPSA) is 51.7 Å². The molecule has 174 valence electrons. The van der Waals surface area contributed by atoms with Gasteiger partial charge in [0.15, 0.2) is 0 Å². The molecular weight excluding hydrogens is 447 g/mol. The number of carbonyl (C=O) groups is 1. The van der Waals surface area contributed by atoms with Crippen molar-refractivity contribution in [1.29, 1.82) is 0 Å². The lowest BCUT2D eigenvalue weighted by atomic mass is 9.84. The molecule has 0 aliphatic heterocycles. The van der Waals surface area contributed by atoms with Gasteiger partial charge in [0.25, 0.3) is 0 Å². The summed E-state index contributed by atoms with van der Waals surface area (Å²) in [6.07, 6.45) is 8.66. The zero-order valence-corrected chi connectivity index (χ0v) is 20.5. The first-order valence-electron chi connectivity index (χ1n) is 11.2. The van der Waals surface area contributed by atoms with E-state index in [1.165, 1.54) is 0 Å². The number of aromatic nitrogens is 1. The molecule has 1 aliphatic carbocycles. The minimum atomic E-state index is -0.433. The molecule has 1 heterocycles. The molecule has 2 aromatic rings. The first kappa shape index (κ1) is 24.7. The van der Waals surface area contributed by atoms with Crippen molar-refractivity contribution in [3.8, 4) is 11.5 Å². The van der Waals surface area contributed by atoms with Crippen LogP contribution in [0, 0.1) is 5.41 Å². The maximum Gasteiger partial charge on any atom is 0.228 e. The molecule has 0 bridgehead atoms. The second kappa shape index (κ2) is 11.2. The summed E-state index contributed by atoms with van der Waals surface area (Å²) in [6, 6.07) is 9.36. The van der Waals surface area contributed by atoms with Crippen molar-refractivity contribution in [2.45, 2.75) is 64.5 Å². The number of benzene rings is 1. The Kier molecular flexibility index (Phi) is 8.66. The van der Waals surface area contributed by atoms with Crippen molar-refractivity contribution in [2.24, 2.45) is 5.41 Å². The van der Waals surface area contributed by atoms with Gasteiger partial charge in [0.2, 0.25) is 5.91 Å². The monoisotopic (exact) mass is 478 g/mol. The Hall–Kier alpha value is -1.98. The van der Waals surface area contributed by atoms with Gasteiger partial charge in [-0.15, -0.1) is 0 Å². The SMILES string of the molecule is CN(C(=O)C(C)(C)CCCOc1ccc(Cl)cc1)C1CCC(Oc2cncc(Cl)c2)CC1. The number of ether oxygens (including phenoxy) is 2. The van der Waals surface area contributed by atoms with E-state index in [1.54, 1.807) is 18.5 Å². The van der Waals surface area contributed by atoms with Gasteiger partial charge >= 0.3 is 0 Å². The third-order valence-electron chi connectivity index (χ3n) is 6.10. The molecular formula is C25H32Cl2N2O3. The molecule has 1 fully saturated rings. The summed E-state index contributed by atoms with van der Waals surface area (Å²) in [5, 5.41) is 1.26. The van der Waals surface area contributed by atoms with Crippen LogP contribution >= 0.6 is 23.2 Å². The van der Waals surface area contributed by atoms with E-state index in [0.717, 1.165) is 44.3 Å². The molecule has 1 amide bonds. The second-order valence-corrected chi connectivity index (χ2v) is 9.97. The first-order chi connectivity index (χ1) is 15.2. The highest BCUT2D eigenvalue weighted by Crippen LogP contribution is 2.31. The Morgan fingerprint density at radius 2 is 1.75 bits per heavy atom. The van der Waals surface area contributed by atoms with E-state index in [4.69, 9.17) is 32.7 Å². The van der Waals surface area contributed by atoms with Crippen molar-refractivity contribution < 1.29 is 14.3 Å². The lowest BCUT2D eigenvalue weighted by molar-refractivity contribution is -0.142. The fourth-order valence-corrected chi connectivity index (χ4v) is 4.47. The Balaban J connectivity index is 1.42. The summed E-state index contributed by atoms with van der Waals surface area (Å²) in [6.45, 7) is 4.62. The van der Waals surface area contributed by atoms with E-state index in [0.29, 0.717) is 22.4 Å². The van der Waals surface area contributed by atoms with Crippen LogP contribution in [0.15, 0.2) is 42.7 Å². The lowest BCUT2D eigenvalue weighted by Crippen LogP contribution is -2.46. The van der Waals surface area contributed by atoms with Crippen LogP contribution in [0.4, 0.5) is 0 Å². The molecule has 1 aliphatic rings. The highest BCUT2D eigenvalue weighted by molar-refractivity contribution is 6.30. The van der Waals surface area contributed by atoms with Gasteiger partial charge in [0, 0.05) is 35.8 Å². The molecule has 1 saturated carbocycles. The van der Waals surface area contributed by atoms with Crippen LogP contribution in [0.25, 0.3) is 0 Å². The number of rotatable bonds is 9. The van der Waals surface area contributed by atoms with Crippen molar-refractivity contribution in [1.82, 2.24) is 9.88 Å². The Morgan fingerprint density at radius 1 is 1.06 bits per heavy atom.